The van der Waals surface area contributed by atoms with Crippen molar-refractivity contribution in [1.29, 1.82) is 0 Å². The average molecular weight is 367 g/mol. The predicted octanol–water partition coefficient (Wildman–Crippen LogP) is 4.76. The summed E-state index contributed by atoms with van der Waals surface area (Å²) in [6.45, 7) is 6.13. The largest absolute Gasteiger partial charge is 0.422 e. The van der Waals surface area contributed by atoms with Crippen LogP contribution in [0.3, 0.4) is 0 Å². The molecule has 27 heavy (non-hydrogen) atoms. The second-order valence-corrected chi connectivity index (χ2v) is 7.17. The minimum atomic E-state index is -0.658. The number of para-hydroxylation sites is 1. The number of carbonyl (C=O) groups excluding carboxylic acids is 1. The first-order valence-corrected chi connectivity index (χ1v) is 8.91. The zero-order valence-electron chi connectivity index (χ0n) is 15.7. The molecule has 0 bridgehead atoms. The quantitative estimate of drug-likeness (QED) is 0.611. The van der Waals surface area contributed by atoms with Gasteiger partial charge in [0, 0.05) is 17.5 Å². The Labute approximate surface area is 157 Å². The molecular weight excluding hydrogens is 345 g/mol. The zero-order chi connectivity index (χ0) is 19.6. The fourth-order valence-electron chi connectivity index (χ4n) is 2.88. The minimum Gasteiger partial charge on any atom is -0.422 e. The van der Waals surface area contributed by atoms with Gasteiger partial charge < -0.3 is 9.32 Å². The maximum absolute atomic E-state index is 13.3. The Morgan fingerprint density at radius 2 is 1.78 bits per heavy atom. The molecule has 0 saturated carbocycles. The van der Waals surface area contributed by atoms with Crippen molar-refractivity contribution in [1.82, 2.24) is 4.90 Å². The summed E-state index contributed by atoms with van der Waals surface area (Å²) >= 11 is 0. The van der Waals surface area contributed by atoms with Gasteiger partial charge in [-0.2, -0.15) is 0 Å². The summed E-state index contributed by atoms with van der Waals surface area (Å²) < 4.78 is 18.5. The molecule has 1 amide bonds. The molecule has 1 aromatic heterocycles. The second-order valence-electron chi connectivity index (χ2n) is 7.17. The molecule has 5 heteroatoms. The Hall–Kier alpha value is -2.95. The molecular formula is C22H22FNO3. The number of fused-ring (bicyclic) bond motifs is 1. The molecule has 0 unspecified atom stereocenters. The number of benzene rings is 2. The number of hydrogen-bond donors (Lipinski definition) is 0. The number of halogens is 1. The topological polar surface area (TPSA) is 50.5 Å². The molecule has 0 atom stereocenters. The van der Waals surface area contributed by atoms with E-state index in [0.29, 0.717) is 17.4 Å². The summed E-state index contributed by atoms with van der Waals surface area (Å²) in [5.74, 6) is -0.729. The van der Waals surface area contributed by atoms with Crippen molar-refractivity contribution in [2.24, 2.45) is 0 Å². The van der Waals surface area contributed by atoms with E-state index in [1.165, 1.54) is 12.1 Å². The minimum absolute atomic E-state index is 0.00247. The third-order valence-corrected chi connectivity index (χ3v) is 4.97. The summed E-state index contributed by atoms with van der Waals surface area (Å²) in [5, 5.41) is 0.691. The smallest absolute Gasteiger partial charge is 0.349 e. The molecule has 140 valence electrons. The number of amides is 1. The van der Waals surface area contributed by atoms with Gasteiger partial charge in [0.05, 0.1) is 0 Å². The summed E-state index contributed by atoms with van der Waals surface area (Å²) in [4.78, 5) is 27.3. The van der Waals surface area contributed by atoms with E-state index in [1.807, 2.05) is 26.8 Å². The van der Waals surface area contributed by atoms with Crippen LogP contribution in [0.4, 0.5) is 4.39 Å². The Morgan fingerprint density at radius 3 is 2.44 bits per heavy atom. The van der Waals surface area contributed by atoms with Gasteiger partial charge in [0.15, 0.2) is 0 Å². The first-order chi connectivity index (χ1) is 12.8. The van der Waals surface area contributed by atoms with Gasteiger partial charge >= 0.3 is 5.63 Å². The van der Waals surface area contributed by atoms with Crippen molar-refractivity contribution in [3.8, 4) is 0 Å². The Kier molecular flexibility index (Phi) is 5.13. The predicted molar refractivity (Wildman–Crippen MR) is 103 cm³/mol. The van der Waals surface area contributed by atoms with Gasteiger partial charge in [-0.25, -0.2) is 9.18 Å². The lowest BCUT2D eigenvalue weighted by Gasteiger charge is -2.38. The Balaban J connectivity index is 2.04. The molecule has 3 aromatic rings. The van der Waals surface area contributed by atoms with Crippen molar-refractivity contribution in [3.63, 3.8) is 0 Å². The maximum Gasteiger partial charge on any atom is 0.349 e. The van der Waals surface area contributed by atoms with E-state index in [2.05, 4.69) is 0 Å². The number of rotatable bonds is 5. The second kappa shape index (κ2) is 7.35. The van der Waals surface area contributed by atoms with Gasteiger partial charge in [0.25, 0.3) is 5.91 Å². The average Bonchev–Trinajstić information content (AvgIpc) is 2.66. The van der Waals surface area contributed by atoms with Crippen molar-refractivity contribution >= 4 is 16.9 Å². The van der Waals surface area contributed by atoms with Gasteiger partial charge in [0.2, 0.25) is 0 Å². The highest BCUT2D eigenvalue weighted by Crippen LogP contribution is 2.24. The van der Waals surface area contributed by atoms with Crippen LogP contribution in [-0.2, 0) is 6.54 Å². The number of carbonyl (C=O) groups is 1. The molecule has 3 rings (SSSR count). The fourth-order valence-corrected chi connectivity index (χ4v) is 2.88. The lowest BCUT2D eigenvalue weighted by atomic mass is 9.97. The van der Waals surface area contributed by atoms with E-state index >= 15 is 0 Å². The van der Waals surface area contributed by atoms with E-state index in [0.717, 1.165) is 5.56 Å². The molecule has 1 heterocycles. The monoisotopic (exact) mass is 367 g/mol. The van der Waals surface area contributed by atoms with Crippen LogP contribution >= 0.6 is 0 Å². The highest BCUT2D eigenvalue weighted by molar-refractivity contribution is 5.97. The van der Waals surface area contributed by atoms with Crippen LogP contribution in [0, 0.1) is 5.82 Å². The lowest BCUT2D eigenvalue weighted by Crippen LogP contribution is -2.48. The van der Waals surface area contributed by atoms with Crippen molar-refractivity contribution in [2.45, 2.75) is 39.3 Å². The first-order valence-electron chi connectivity index (χ1n) is 8.91. The highest BCUT2D eigenvalue weighted by Gasteiger charge is 2.32. The van der Waals surface area contributed by atoms with Crippen LogP contribution < -0.4 is 5.63 Å². The van der Waals surface area contributed by atoms with Crippen LogP contribution in [0.1, 0.15) is 43.1 Å². The van der Waals surface area contributed by atoms with E-state index in [-0.39, 0.29) is 17.9 Å². The lowest BCUT2D eigenvalue weighted by molar-refractivity contribution is 0.0508. The molecule has 4 nitrogen and oxygen atoms in total. The third-order valence-electron chi connectivity index (χ3n) is 4.97. The standard InChI is InChI=1S/C22H22FNO3/c1-4-22(2,3)24(14-15-9-11-17(23)12-10-15)20(25)18-13-16-7-5-6-8-19(16)27-21(18)26/h5-13H,4,14H2,1-3H3. The van der Waals surface area contributed by atoms with Crippen LogP contribution in [0.5, 0.6) is 0 Å². The molecule has 0 radical (unpaired) electrons. The van der Waals surface area contributed by atoms with Crippen LogP contribution in [0.2, 0.25) is 0 Å². The molecule has 0 aliphatic heterocycles. The van der Waals surface area contributed by atoms with Gasteiger partial charge in [0.1, 0.15) is 17.0 Å². The number of nitrogens with zero attached hydrogens (tertiary/aromatic N) is 1. The molecule has 2 aromatic carbocycles. The maximum atomic E-state index is 13.3. The fraction of sp³-hybridized carbons (Fsp3) is 0.273. The summed E-state index contributed by atoms with van der Waals surface area (Å²) in [6.07, 6.45) is 0.693. The highest BCUT2D eigenvalue weighted by atomic mass is 19.1. The Morgan fingerprint density at radius 1 is 1.11 bits per heavy atom. The Bertz CT molecular complexity index is 1020. The van der Waals surface area contributed by atoms with E-state index in [9.17, 15) is 14.0 Å². The summed E-state index contributed by atoms with van der Waals surface area (Å²) in [6, 6.07) is 14.7. The van der Waals surface area contributed by atoms with Crippen LogP contribution in [0.15, 0.2) is 63.8 Å². The SMILES string of the molecule is CCC(C)(C)N(Cc1ccc(F)cc1)C(=O)c1cc2ccccc2oc1=O. The molecule has 0 N–H and O–H groups in total. The first kappa shape index (κ1) is 18.8. The summed E-state index contributed by atoms with van der Waals surface area (Å²) in [7, 11) is 0. The molecule has 0 spiro atoms. The zero-order valence-corrected chi connectivity index (χ0v) is 15.7. The van der Waals surface area contributed by atoms with Gasteiger partial charge in [-0.05, 0) is 50.1 Å². The van der Waals surface area contributed by atoms with Gasteiger partial charge in [-0.3, -0.25) is 4.79 Å². The normalized spacial score (nSPS) is 11.6. The third kappa shape index (κ3) is 3.92. The van der Waals surface area contributed by atoms with E-state index < -0.39 is 17.1 Å². The molecule has 0 saturated heterocycles. The summed E-state index contributed by atoms with van der Waals surface area (Å²) in [5.41, 5.74) is 0.0752. The van der Waals surface area contributed by atoms with Gasteiger partial charge in [-0.15, -0.1) is 0 Å². The van der Waals surface area contributed by atoms with E-state index in [1.54, 1.807) is 41.3 Å². The van der Waals surface area contributed by atoms with Crippen molar-refractivity contribution < 1.29 is 13.6 Å². The van der Waals surface area contributed by atoms with Crippen LogP contribution in [-0.4, -0.2) is 16.3 Å². The van der Waals surface area contributed by atoms with Crippen molar-refractivity contribution in [3.05, 3.63) is 82.0 Å². The molecule has 0 fully saturated rings. The van der Waals surface area contributed by atoms with Crippen molar-refractivity contribution in [2.75, 3.05) is 0 Å². The van der Waals surface area contributed by atoms with E-state index in [4.69, 9.17) is 4.42 Å². The molecule has 0 aliphatic rings. The molecule has 0 aliphatic carbocycles. The van der Waals surface area contributed by atoms with Crippen LogP contribution in [0.25, 0.3) is 11.0 Å². The van der Waals surface area contributed by atoms with Gasteiger partial charge in [-0.1, -0.05) is 37.3 Å². The number of hydrogen-bond acceptors (Lipinski definition) is 3.